The average molecular weight is 361 g/mol. The number of isothiocyanates is 4. The van der Waals surface area contributed by atoms with Crippen LogP contribution in [-0.2, 0) is 36.5 Å². The van der Waals surface area contributed by atoms with Gasteiger partial charge in [-0.05, 0) is 0 Å². The van der Waals surface area contributed by atoms with Crippen LogP contribution >= 0.6 is 48.9 Å². The number of hydrogen-bond acceptors (Lipinski definition) is 4. The first-order valence-electron chi connectivity index (χ1n) is 1.71. The van der Waals surface area contributed by atoms with E-state index in [4.69, 9.17) is 21.6 Å². The summed E-state index contributed by atoms with van der Waals surface area (Å²) in [6.45, 7) is 0. The molecule has 0 fully saturated rings. The summed E-state index contributed by atoms with van der Waals surface area (Å²) in [6, 6.07) is 0. The van der Waals surface area contributed by atoms with Crippen molar-refractivity contribution in [3.63, 3.8) is 0 Å². The van der Waals surface area contributed by atoms with Crippen LogP contribution in [0.4, 0.5) is 0 Å². The summed E-state index contributed by atoms with van der Waals surface area (Å²) in [5, 5.41) is 33.9. The van der Waals surface area contributed by atoms with Gasteiger partial charge >= 0.3 is 36.5 Å². The Bertz CT molecular complexity index is 161. The van der Waals surface area contributed by atoms with E-state index in [-0.39, 0.29) is 36.5 Å². The molecule has 0 aliphatic rings. The molecule has 0 saturated carbocycles. The summed E-state index contributed by atoms with van der Waals surface area (Å²) in [6.07, 6.45) is 0. The van der Waals surface area contributed by atoms with Crippen molar-refractivity contribution in [2.45, 2.75) is 0 Å². The number of nitrogens with zero attached hydrogens (tertiary/aromatic N) is 4. The van der Waals surface area contributed by atoms with Gasteiger partial charge in [-0.2, -0.15) is 20.6 Å². The molecule has 0 saturated heterocycles. The van der Waals surface area contributed by atoms with Gasteiger partial charge in [0.1, 0.15) is 0 Å². The predicted molar refractivity (Wildman–Crippen MR) is 63.8 cm³/mol. The fraction of sp³-hybridized carbons (Fsp3) is 0. The molecule has 10 heteroatoms. The van der Waals surface area contributed by atoms with Crippen LogP contribution in [0.3, 0.4) is 0 Å². The first-order valence-corrected chi connectivity index (χ1v) is 3.34. The van der Waals surface area contributed by atoms with Gasteiger partial charge in [0.15, 0.2) is 0 Å². The zero-order valence-electron chi connectivity index (χ0n) is 6.43. The fourth-order valence-corrected chi connectivity index (χ4v) is 0. The van der Waals surface area contributed by atoms with Crippen molar-refractivity contribution in [1.82, 2.24) is 0 Å². The molecule has 0 heterocycles. The molecule has 0 rings (SSSR count). The molecule has 0 aromatic rings. The number of rotatable bonds is 0. The van der Waals surface area contributed by atoms with Crippen molar-refractivity contribution < 1.29 is 36.5 Å². The largest absolute Gasteiger partial charge is 2.00 e. The molecule has 0 atom stereocenters. The van der Waals surface area contributed by atoms with E-state index < -0.39 is 0 Å². The molecule has 0 unspecified atom stereocenters. The van der Waals surface area contributed by atoms with Gasteiger partial charge in [-0.3, -0.25) is 0 Å². The van der Waals surface area contributed by atoms with Crippen LogP contribution in [-0.4, -0.2) is 20.6 Å². The molecule has 14 heavy (non-hydrogen) atoms. The van der Waals surface area contributed by atoms with Crippen LogP contribution in [0.25, 0.3) is 21.6 Å². The second-order valence-electron chi connectivity index (χ2n) is 0.365. The van der Waals surface area contributed by atoms with Crippen LogP contribution < -0.4 is 0 Å². The molecule has 0 N–H and O–H groups in total. The second-order valence-corrected chi connectivity index (χ2v) is 1.10. The maximum atomic E-state index is 7.13. The van der Waals surface area contributed by atoms with Crippen LogP contribution in [0, 0.1) is 0 Å². The van der Waals surface area contributed by atoms with E-state index in [0.717, 1.165) is 0 Å². The molecule has 0 amide bonds. The minimum absolute atomic E-state index is 0. The molecule has 73 valence electrons. The standard InChI is InChI=1S/4CNS.Cu.Zn/c4*2-1-3;;/q4*-1;2*+2. The van der Waals surface area contributed by atoms with E-state index in [1.165, 1.54) is 20.6 Å². The normalized spacial score (nSPS) is 2.29. The molecule has 4 nitrogen and oxygen atoms in total. The average Bonchev–Trinajstić information content (AvgIpc) is 1.92. The SMILES string of the molecule is [Cu+2].[N-]=C=S.[N-]=C=S.[N-]=C=S.[N-]=C=S.[Zn+2]. The van der Waals surface area contributed by atoms with E-state index >= 15 is 0 Å². The quantitative estimate of drug-likeness (QED) is 0.377. The Balaban J connectivity index is -0.0000000145. The Kier molecular flexibility index (Phi) is 282. The van der Waals surface area contributed by atoms with Gasteiger partial charge in [-0.1, -0.05) is 48.9 Å². The van der Waals surface area contributed by atoms with Crippen molar-refractivity contribution in [3.8, 4) is 0 Å². The Morgan fingerprint density at radius 3 is 0.571 bits per heavy atom. The van der Waals surface area contributed by atoms with Gasteiger partial charge in [0, 0.05) is 0 Å². The van der Waals surface area contributed by atoms with Crippen molar-refractivity contribution >= 4 is 69.5 Å². The van der Waals surface area contributed by atoms with Gasteiger partial charge < -0.3 is 21.6 Å². The number of hydrogen-bond donors (Lipinski definition) is 0. The first-order chi connectivity index (χ1) is 5.66. The monoisotopic (exact) mass is 359 g/mol. The summed E-state index contributed by atoms with van der Waals surface area (Å²) in [5.41, 5.74) is 0. The third-order valence-corrected chi connectivity index (χ3v) is 0. The molecule has 0 aliphatic heterocycles. The van der Waals surface area contributed by atoms with Crippen molar-refractivity contribution in [3.05, 3.63) is 21.6 Å². The molecule has 0 aromatic carbocycles. The third kappa shape index (κ3) is 13500. The van der Waals surface area contributed by atoms with Crippen molar-refractivity contribution in [1.29, 1.82) is 0 Å². The van der Waals surface area contributed by atoms with Crippen molar-refractivity contribution in [2.75, 3.05) is 0 Å². The van der Waals surface area contributed by atoms with Gasteiger partial charge in [-0.25, -0.2) is 0 Å². The van der Waals surface area contributed by atoms with E-state index in [1.807, 2.05) is 0 Å². The van der Waals surface area contributed by atoms with Crippen LogP contribution in [0.1, 0.15) is 0 Å². The fourth-order valence-electron chi connectivity index (χ4n) is 0. The summed E-state index contributed by atoms with van der Waals surface area (Å²) in [4.78, 5) is 0. The van der Waals surface area contributed by atoms with Gasteiger partial charge in [0.25, 0.3) is 0 Å². The first kappa shape index (κ1) is 36.7. The molecule has 0 aliphatic carbocycles. The summed E-state index contributed by atoms with van der Waals surface area (Å²) in [5.74, 6) is 0. The summed E-state index contributed by atoms with van der Waals surface area (Å²) >= 11 is 14.8. The van der Waals surface area contributed by atoms with E-state index in [9.17, 15) is 0 Å². The molecule has 0 bridgehead atoms. The predicted octanol–water partition coefficient (Wildman–Crippen LogP) is 2.63. The molecule has 0 spiro atoms. The zero-order valence-corrected chi connectivity index (χ0v) is 13.6. The maximum Gasteiger partial charge on any atom is 2.00 e. The van der Waals surface area contributed by atoms with Crippen LogP contribution in [0.15, 0.2) is 0 Å². The smallest absolute Gasteiger partial charge is 0.753 e. The third-order valence-electron chi connectivity index (χ3n) is 0. The van der Waals surface area contributed by atoms with Gasteiger partial charge in [-0.15, -0.1) is 0 Å². The molecule has 1 radical (unpaired) electrons. The van der Waals surface area contributed by atoms with E-state index in [2.05, 4.69) is 48.9 Å². The number of thiocarbonyl (C=S) groups is 4. The Morgan fingerprint density at radius 1 is 0.571 bits per heavy atom. The topological polar surface area (TPSA) is 89.2 Å². The minimum atomic E-state index is 0. The molecular weight excluding hydrogens is 361 g/mol. The second kappa shape index (κ2) is 108. The van der Waals surface area contributed by atoms with Crippen LogP contribution in [0.2, 0.25) is 0 Å². The van der Waals surface area contributed by atoms with E-state index in [0.29, 0.717) is 0 Å². The maximum absolute atomic E-state index is 7.13. The Labute approximate surface area is 127 Å². The Morgan fingerprint density at radius 2 is 0.571 bits per heavy atom. The minimum Gasteiger partial charge on any atom is -0.753 e. The molecule has 0 aromatic heterocycles. The van der Waals surface area contributed by atoms with Crippen molar-refractivity contribution in [2.24, 2.45) is 0 Å². The van der Waals surface area contributed by atoms with Crippen LogP contribution in [0.5, 0.6) is 0 Å². The van der Waals surface area contributed by atoms with E-state index in [1.54, 1.807) is 0 Å². The molecular formula is C4CuN4S4Zn. The summed E-state index contributed by atoms with van der Waals surface area (Å²) < 4.78 is 0. The van der Waals surface area contributed by atoms with Gasteiger partial charge in [0.2, 0.25) is 0 Å². The summed E-state index contributed by atoms with van der Waals surface area (Å²) in [7, 11) is 0. The zero-order chi connectivity index (χ0) is 10.8. The Hall–Kier alpha value is 0.343. The van der Waals surface area contributed by atoms with Gasteiger partial charge in [0.05, 0.1) is 0 Å².